The third-order valence-corrected chi connectivity index (χ3v) is 3.62. The summed E-state index contributed by atoms with van der Waals surface area (Å²) in [4.78, 5) is 0. The Morgan fingerprint density at radius 2 is 2.40 bits per heavy atom. The number of hydrogen-bond acceptors (Lipinski definition) is 3. The molecule has 1 aliphatic rings. The molecule has 0 aromatic heterocycles. The molecule has 1 atom stereocenters. The summed E-state index contributed by atoms with van der Waals surface area (Å²) in [5.41, 5.74) is 2.29. The Hall–Kier alpha value is -0.670. The lowest BCUT2D eigenvalue weighted by atomic mass is 10.0. The van der Waals surface area contributed by atoms with Gasteiger partial charge in [-0.3, -0.25) is 0 Å². The largest absolute Gasteiger partial charge is 0.494 e. The van der Waals surface area contributed by atoms with Crippen LogP contribution in [-0.2, 0) is 5.75 Å². The lowest BCUT2D eigenvalue weighted by Gasteiger charge is -2.13. The molecule has 1 heterocycles. The van der Waals surface area contributed by atoms with Crippen molar-refractivity contribution in [3.63, 3.8) is 0 Å². The van der Waals surface area contributed by atoms with E-state index in [1.165, 1.54) is 5.56 Å². The summed E-state index contributed by atoms with van der Waals surface area (Å²) in [6, 6.07) is 6.04. The Balaban J connectivity index is 2.31. The Labute approximate surface area is 94.6 Å². The highest BCUT2D eigenvalue weighted by molar-refractivity contribution is 7.98. The molecule has 82 valence electrons. The van der Waals surface area contributed by atoms with Crippen LogP contribution < -0.4 is 4.74 Å². The van der Waals surface area contributed by atoms with Crippen LogP contribution in [-0.4, -0.2) is 17.5 Å². The molecule has 1 N–H and O–H groups in total. The van der Waals surface area contributed by atoms with Gasteiger partial charge in [-0.1, -0.05) is 6.07 Å². The Bertz CT molecular complexity index is 338. The van der Waals surface area contributed by atoms with Gasteiger partial charge in [0.15, 0.2) is 0 Å². The predicted octanol–water partition coefficient (Wildman–Crippen LogP) is 2.76. The minimum Gasteiger partial charge on any atom is -0.494 e. The molecule has 2 rings (SSSR count). The topological polar surface area (TPSA) is 29.5 Å². The highest BCUT2D eigenvalue weighted by Gasteiger charge is 2.16. The van der Waals surface area contributed by atoms with E-state index >= 15 is 0 Å². The number of thioether (sulfide) groups is 1. The van der Waals surface area contributed by atoms with Crippen molar-refractivity contribution in [2.75, 3.05) is 12.4 Å². The van der Waals surface area contributed by atoms with Crippen molar-refractivity contribution in [3.8, 4) is 5.75 Å². The average Bonchev–Trinajstić information content (AvgIpc) is 2.42. The lowest BCUT2D eigenvalue weighted by molar-refractivity contribution is 0.174. The van der Waals surface area contributed by atoms with E-state index in [1.54, 1.807) is 0 Å². The van der Waals surface area contributed by atoms with Gasteiger partial charge in [0.25, 0.3) is 0 Å². The van der Waals surface area contributed by atoms with E-state index in [0.29, 0.717) is 6.61 Å². The number of hydrogen-bond donors (Lipinski definition) is 1. The molecule has 15 heavy (non-hydrogen) atoms. The van der Waals surface area contributed by atoms with Crippen LogP contribution in [0.3, 0.4) is 0 Å². The maximum atomic E-state index is 9.97. The standard InChI is InChI=1S/C12H16O2S/c1-2-14-10-4-3-9-8-15-6-5-12(13)11(9)7-10/h3-4,7,12-13H,2,5-6,8H2,1H3. The number of aliphatic hydroxyl groups is 1. The number of aliphatic hydroxyl groups excluding tert-OH is 1. The molecular weight excluding hydrogens is 208 g/mol. The molecule has 1 aliphatic heterocycles. The van der Waals surface area contributed by atoms with Gasteiger partial charge in [0, 0.05) is 5.75 Å². The van der Waals surface area contributed by atoms with Crippen LogP contribution in [0.1, 0.15) is 30.6 Å². The van der Waals surface area contributed by atoms with Crippen molar-refractivity contribution < 1.29 is 9.84 Å². The van der Waals surface area contributed by atoms with Crippen molar-refractivity contribution >= 4 is 11.8 Å². The second-order valence-corrected chi connectivity index (χ2v) is 4.76. The van der Waals surface area contributed by atoms with E-state index in [-0.39, 0.29) is 6.10 Å². The van der Waals surface area contributed by atoms with Gasteiger partial charge in [0.1, 0.15) is 5.75 Å². The summed E-state index contributed by atoms with van der Waals surface area (Å²) >= 11 is 1.88. The van der Waals surface area contributed by atoms with Gasteiger partial charge in [0.2, 0.25) is 0 Å². The third-order valence-electron chi connectivity index (χ3n) is 2.58. The smallest absolute Gasteiger partial charge is 0.119 e. The SMILES string of the molecule is CCOc1ccc2c(c1)C(O)CCSC2. The van der Waals surface area contributed by atoms with Gasteiger partial charge in [-0.2, -0.15) is 11.8 Å². The van der Waals surface area contributed by atoms with Crippen molar-refractivity contribution in [2.24, 2.45) is 0 Å². The van der Waals surface area contributed by atoms with E-state index in [0.717, 1.165) is 29.2 Å². The van der Waals surface area contributed by atoms with Gasteiger partial charge < -0.3 is 9.84 Å². The monoisotopic (exact) mass is 224 g/mol. The molecule has 0 aliphatic carbocycles. The second-order valence-electron chi connectivity index (χ2n) is 3.65. The van der Waals surface area contributed by atoms with Crippen molar-refractivity contribution in [1.82, 2.24) is 0 Å². The van der Waals surface area contributed by atoms with Gasteiger partial charge in [-0.15, -0.1) is 0 Å². The number of fused-ring (bicyclic) bond motifs is 1. The zero-order valence-corrected chi connectivity index (χ0v) is 9.72. The first-order chi connectivity index (χ1) is 7.31. The summed E-state index contributed by atoms with van der Waals surface area (Å²) in [6.07, 6.45) is 0.517. The number of ether oxygens (including phenoxy) is 1. The van der Waals surface area contributed by atoms with E-state index in [4.69, 9.17) is 4.74 Å². The molecule has 0 radical (unpaired) electrons. The highest BCUT2D eigenvalue weighted by Crippen LogP contribution is 2.32. The zero-order valence-electron chi connectivity index (χ0n) is 8.90. The number of rotatable bonds is 2. The van der Waals surface area contributed by atoms with E-state index in [2.05, 4.69) is 6.07 Å². The van der Waals surface area contributed by atoms with Crippen LogP contribution in [0, 0.1) is 0 Å². The Morgan fingerprint density at radius 1 is 1.53 bits per heavy atom. The lowest BCUT2D eigenvalue weighted by Crippen LogP contribution is -2.01. The van der Waals surface area contributed by atoms with Crippen molar-refractivity contribution in [3.05, 3.63) is 29.3 Å². The zero-order chi connectivity index (χ0) is 10.7. The van der Waals surface area contributed by atoms with E-state index in [9.17, 15) is 5.11 Å². The summed E-state index contributed by atoms with van der Waals surface area (Å²) in [7, 11) is 0. The average molecular weight is 224 g/mol. The normalized spacial score (nSPS) is 20.5. The fraction of sp³-hybridized carbons (Fsp3) is 0.500. The van der Waals surface area contributed by atoms with Crippen molar-refractivity contribution in [1.29, 1.82) is 0 Å². The predicted molar refractivity (Wildman–Crippen MR) is 63.3 cm³/mol. The molecule has 0 saturated heterocycles. The van der Waals surface area contributed by atoms with Crippen molar-refractivity contribution in [2.45, 2.75) is 25.2 Å². The van der Waals surface area contributed by atoms with Crippen LogP contribution in [0.2, 0.25) is 0 Å². The number of benzene rings is 1. The minimum atomic E-state index is -0.324. The van der Waals surface area contributed by atoms with Crippen LogP contribution in [0.15, 0.2) is 18.2 Å². The molecule has 1 unspecified atom stereocenters. The maximum Gasteiger partial charge on any atom is 0.119 e. The molecule has 2 nitrogen and oxygen atoms in total. The van der Waals surface area contributed by atoms with E-state index in [1.807, 2.05) is 30.8 Å². The Kier molecular flexibility index (Phi) is 3.54. The molecule has 0 fully saturated rings. The summed E-state index contributed by atoms with van der Waals surface area (Å²) in [5, 5.41) is 9.97. The van der Waals surface area contributed by atoms with Gasteiger partial charge in [-0.05, 0) is 42.4 Å². The highest BCUT2D eigenvalue weighted by atomic mass is 32.2. The molecule has 0 amide bonds. The first-order valence-corrected chi connectivity index (χ1v) is 6.48. The first kappa shape index (κ1) is 10.8. The minimum absolute atomic E-state index is 0.324. The van der Waals surface area contributed by atoms with Crippen LogP contribution in [0.25, 0.3) is 0 Å². The quantitative estimate of drug-likeness (QED) is 0.837. The van der Waals surface area contributed by atoms with Gasteiger partial charge in [-0.25, -0.2) is 0 Å². The third kappa shape index (κ3) is 2.47. The van der Waals surface area contributed by atoms with E-state index < -0.39 is 0 Å². The molecular formula is C12H16O2S. The molecule has 0 saturated carbocycles. The second kappa shape index (κ2) is 4.90. The van der Waals surface area contributed by atoms with Crippen LogP contribution >= 0.6 is 11.8 Å². The molecule has 1 aromatic rings. The Morgan fingerprint density at radius 3 is 3.20 bits per heavy atom. The molecule has 0 spiro atoms. The maximum absolute atomic E-state index is 9.97. The summed E-state index contributed by atoms with van der Waals surface area (Å²) in [5.74, 6) is 2.89. The van der Waals surface area contributed by atoms with Crippen LogP contribution in [0.4, 0.5) is 0 Å². The molecule has 1 aromatic carbocycles. The molecule has 3 heteroatoms. The fourth-order valence-corrected chi connectivity index (χ4v) is 2.82. The molecule has 0 bridgehead atoms. The summed E-state index contributed by atoms with van der Waals surface area (Å²) < 4.78 is 5.44. The first-order valence-electron chi connectivity index (χ1n) is 5.32. The fourth-order valence-electron chi connectivity index (χ4n) is 1.80. The summed E-state index contributed by atoms with van der Waals surface area (Å²) in [6.45, 7) is 2.64. The van der Waals surface area contributed by atoms with Gasteiger partial charge >= 0.3 is 0 Å². The van der Waals surface area contributed by atoms with Crippen LogP contribution in [0.5, 0.6) is 5.75 Å². The van der Waals surface area contributed by atoms with Gasteiger partial charge in [0.05, 0.1) is 12.7 Å².